The van der Waals surface area contributed by atoms with Gasteiger partial charge in [-0.1, -0.05) is 12.1 Å². The minimum atomic E-state index is 0.560. The highest BCUT2D eigenvalue weighted by molar-refractivity contribution is 5.48. The lowest BCUT2D eigenvalue weighted by molar-refractivity contribution is 0.703. The molecule has 1 N–H and O–H groups in total. The molecule has 0 amide bonds. The topological polar surface area (TPSA) is 15.3 Å². The molecule has 0 fully saturated rings. The zero-order valence-corrected chi connectivity index (χ0v) is 10.2. The lowest BCUT2D eigenvalue weighted by atomic mass is 10.1. The first kappa shape index (κ1) is 12.1. The van der Waals surface area contributed by atoms with Crippen molar-refractivity contribution in [3.8, 4) is 0 Å². The number of rotatable bonds is 5. The Morgan fingerprint density at radius 2 is 1.80 bits per heavy atom. The maximum atomic E-state index is 3.16. The van der Waals surface area contributed by atoms with Gasteiger partial charge in [0.1, 0.15) is 0 Å². The summed E-state index contributed by atoms with van der Waals surface area (Å²) in [6.07, 6.45) is 0. The summed E-state index contributed by atoms with van der Waals surface area (Å²) < 4.78 is 0. The van der Waals surface area contributed by atoms with Gasteiger partial charge in [-0.2, -0.15) is 0 Å². The van der Waals surface area contributed by atoms with Crippen molar-refractivity contribution < 1.29 is 0 Å². The van der Waals surface area contributed by atoms with Crippen LogP contribution < -0.4 is 10.2 Å². The van der Waals surface area contributed by atoms with Crippen molar-refractivity contribution in [2.45, 2.75) is 33.4 Å². The quantitative estimate of drug-likeness (QED) is 0.796. The van der Waals surface area contributed by atoms with Crippen LogP contribution in [0.25, 0.3) is 0 Å². The van der Waals surface area contributed by atoms with Crippen LogP contribution in [-0.2, 0) is 6.54 Å². The number of hydrogen-bond acceptors (Lipinski definition) is 2. The van der Waals surface area contributed by atoms with E-state index < -0.39 is 0 Å². The number of benzene rings is 1. The Kier molecular flexibility index (Phi) is 4.63. The van der Waals surface area contributed by atoms with E-state index in [9.17, 15) is 0 Å². The molecule has 2 nitrogen and oxygen atoms in total. The molecule has 0 saturated carbocycles. The van der Waals surface area contributed by atoms with Crippen LogP contribution in [0.3, 0.4) is 0 Å². The second-order valence-corrected chi connectivity index (χ2v) is 4.08. The molecule has 0 saturated heterocycles. The molecule has 1 rings (SSSR count). The summed E-state index contributed by atoms with van der Waals surface area (Å²) in [6, 6.07) is 9.35. The lowest BCUT2D eigenvalue weighted by Gasteiger charge is -2.27. The molecule has 0 spiro atoms. The minimum Gasteiger partial charge on any atom is -0.369 e. The van der Waals surface area contributed by atoms with Crippen molar-refractivity contribution in [3.63, 3.8) is 0 Å². The van der Waals surface area contributed by atoms with Gasteiger partial charge in [-0.15, -0.1) is 0 Å². The van der Waals surface area contributed by atoms with E-state index in [1.807, 2.05) is 7.05 Å². The number of nitrogens with one attached hydrogen (secondary N) is 1. The fourth-order valence-electron chi connectivity index (χ4n) is 1.86. The summed E-state index contributed by atoms with van der Waals surface area (Å²) in [5.74, 6) is 0. The largest absolute Gasteiger partial charge is 0.369 e. The van der Waals surface area contributed by atoms with Crippen molar-refractivity contribution in [1.82, 2.24) is 5.32 Å². The maximum Gasteiger partial charge on any atom is 0.0368 e. The molecule has 0 unspecified atom stereocenters. The van der Waals surface area contributed by atoms with E-state index in [0.29, 0.717) is 6.04 Å². The van der Waals surface area contributed by atoms with Crippen LogP contribution in [-0.4, -0.2) is 19.6 Å². The van der Waals surface area contributed by atoms with Crippen molar-refractivity contribution in [1.29, 1.82) is 0 Å². The van der Waals surface area contributed by atoms with Crippen molar-refractivity contribution in [2.75, 3.05) is 18.5 Å². The van der Waals surface area contributed by atoms with Gasteiger partial charge in [-0.3, -0.25) is 0 Å². The van der Waals surface area contributed by atoms with Gasteiger partial charge in [0, 0.05) is 24.8 Å². The summed E-state index contributed by atoms with van der Waals surface area (Å²) >= 11 is 0. The first-order valence-electron chi connectivity index (χ1n) is 5.69. The number of hydrogen-bond donors (Lipinski definition) is 1. The molecule has 0 heterocycles. The van der Waals surface area contributed by atoms with E-state index in [1.54, 1.807) is 0 Å². The first-order chi connectivity index (χ1) is 7.19. The van der Waals surface area contributed by atoms with Crippen molar-refractivity contribution >= 4 is 5.69 Å². The Bertz CT molecular complexity index is 277. The van der Waals surface area contributed by atoms with Crippen LogP contribution >= 0.6 is 0 Å². The molecule has 0 radical (unpaired) electrons. The molecule has 0 atom stereocenters. The summed E-state index contributed by atoms with van der Waals surface area (Å²) in [7, 11) is 1.97. The molecule has 84 valence electrons. The second-order valence-electron chi connectivity index (χ2n) is 4.08. The highest BCUT2D eigenvalue weighted by Crippen LogP contribution is 2.17. The SMILES string of the molecule is CCN(c1ccc(CNC)cc1)C(C)C. The van der Waals surface area contributed by atoms with Crippen molar-refractivity contribution in [2.24, 2.45) is 0 Å². The molecule has 0 aliphatic heterocycles. The standard InChI is InChI=1S/C13H22N2/c1-5-15(11(2)3)13-8-6-12(7-9-13)10-14-4/h6-9,11,14H,5,10H2,1-4H3. The van der Waals surface area contributed by atoms with Gasteiger partial charge in [0.05, 0.1) is 0 Å². The third-order valence-corrected chi connectivity index (χ3v) is 2.61. The smallest absolute Gasteiger partial charge is 0.0368 e. The third-order valence-electron chi connectivity index (χ3n) is 2.61. The summed E-state index contributed by atoms with van der Waals surface area (Å²) in [4.78, 5) is 2.39. The predicted octanol–water partition coefficient (Wildman–Crippen LogP) is 2.64. The minimum absolute atomic E-state index is 0.560. The molecule has 0 aliphatic rings. The highest BCUT2D eigenvalue weighted by atomic mass is 15.1. The van der Waals surface area contributed by atoms with Crippen LogP contribution in [0.4, 0.5) is 5.69 Å². The first-order valence-corrected chi connectivity index (χ1v) is 5.69. The third kappa shape index (κ3) is 3.24. The fraction of sp³-hybridized carbons (Fsp3) is 0.538. The van der Waals surface area contributed by atoms with Gasteiger partial charge in [0.15, 0.2) is 0 Å². The molecule has 1 aromatic rings. The van der Waals surface area contributed by atoms with Crippen molar-refractivity contribution in [3.05, 3.63) is 29.8 Å². The molecule has 0 aliphatic carbocycles. The van der Waals surface area contributed by atoms with Crippen LogP contribution in [0.1, 0.15) is 26.3 Å². The molecule has 0 aromatic heterocycles. The average molecular weight is 206 g/mol. The second kappa shape index (κ2) is 5.76. The Labute approximate surface area is 93.3 Å². The predicted molar refractivity (Wildman–Crippen MR) is 67.4 cm³/mol. The van der Waals surface area contributed by atoms with Gasteiger partial charge >= 0.3 is 0 Å². The van der Waals surface area contributed by atoms with E-state index in [0.717, 1.165) is 13.1 Å². The van der Waals surface area contributed by atoms with Gasteiger partial charge in [0.2, 0.25) is 0 Å². The number of nitrogens with zero attached hydrogens (tertiary/aromatic N) is 1. The Balaban J connectivity index is 2.77. The molecule has 0 bridgehead atoms. The van der Waals surface area contributed by atoms with E-state index in [4.69, 9.17) is 0 Å². The average Bonchev–Trinajstić information content (AvgIpc) is 2.21. The Morgan fingerprint density at radius 3 is 2.20 bits per heavy atom. The van der Waals surface area contributed by atoms with E-state index in [2.05, 4.69) is 55.3 Å². The Hall–Kier alpha value is -1.02. The summed E-state index contributed by atoms with van der Waals surface area (Å²) in [5, 5.41) is 3.16. The molecular weight excluding hydrogens is 184 g/mol. The van der Waals surface area contributed by atoms with Crippen LogP contribution in [0.2, 0.25) is 0 Å². The van der Waals surface area contributed by atoms with Gasteiger partial charge in [-0.05, 0) is 45.5 Å². The fourth-order valence-corrected chi connectivity index (χ4v) is 1.86. The van der Waals surface area contributed by atoms with E-state index in [-0.39, 0.29) is 0 Å². The molecule has 2 heteroatoms. The van der Waals surface area contributed by atoms with E-state index >= 15 is 0 Å². The monoisotopic (exact) mass is 206 g/mol. The number of anilines is 1. The van der Waals surface area contributed by atoms with Gasteiger partial charge in [-0.25, -0.2) is 0 Å². The normalized spacial score (nSPS) is 10.7. The molecular formula is C13H22N2. The van der Waals surface area contributed by atoms with Crippen LogP contribution in [0, 0.1) is 0 Å². The highest BCUT2D eigenvalue weighted by Gasteiger charge is 2.07. The zero-order valence-electron chi connectivity index (χ0n) is 10.2. The van der Waals surface area contributed by atoms with Crippen LogP contribution in [0.15, 0.2) is 24.3 Å². The van der Waals surface area contributed by atoms with E-state index in [1.165, 1.54) is 11.3 Å². The van der Waals surface area contributed by atoms with Crippen LogP contribution in [0.5, 0.6) is 0 Å². The lowest BCUT2D eigenvalue weighted by Crippen LogP contribution is -2.30. The zero-order chi connectivity index (χ0) is 11.3. The Morgan fingerprint density at radius 1 is 1.20 bits per heavy atom. The van der Waals surface area contributed by atoms with Gasteiger partial charge in [0.25, 0.3) is 0 Å². The maximum absolute atomic E-state index is 3.16. The summed E-state index contributed by atoms with van der Waals surface area (Å²) in [6.45, 7) is 8.65. The summed E-state index contributed by atoms with van der Waals surface area (Å²) in [5.41, 5.74) is 2.65. The molecule has 1 aromatic carbocycles. The van der Waals surface area contributed by atoms with Gasteiger partial charge < -0.3 is 10.2 Å². The molecule has 15 heavy (non-hydrogen) atoms.